The lowest BCUT2D eigenvalue weighted by molar-refractivity contribution is -0.142. The Hall–Kier alpha value is -1.93. The fourth-order valence-corrected chi connectivity index (χ4v) is 3.73. The second-order valence-corrected chi connectivity index (χ2v) is 6.78. The maximum atomic E-state index is 12.4. The van der Waals surface area contributed by atoms with Gasteiger partial charge in [-0.1, -0.05) is 0 Å². The van der Waals surface area contributed by atoms with Crippen LogP contribution in [0.3, 0.4) is 0 Å². The Morgan fingerprint density at radius 3 is 2.00 bits per heavy atom. The van der Waals surface area contributed by atoms with E-state index in [4.69, 9.17) is 10.2 Å². The molecule has 1 aromatic rings. The van der Waals surface area contributed by atoms with Crippen molar-refractivity contribution in [3.05, 3.63) is 29.8 Å². The van der Waals surface area contributed by atoms with Crippen molar-refractivity contribution >= 4 is 22.0 Å². The van der Waals surface area contributed by atoms with E-state index in [2.05, 4.69) is 0 Å². The standard InChI is InChI=1S/C13H15NO6S/c15-12(16)9-1-3-11(4-2-9)21(19,20)14-7-5-10(6-8-14)13(17)18/h1-4,10H,5-8H2,(H,15,16)(H,17,18). The molecule has 0 atom stereocenters. The molecule has 2 N–H and O–H groups in total. The van der Waals surface area contributed by atoms with Crippen molar-refractivity contribution in [3.8, 4) is 0 Å². The van der Waals surface area contributed by atoms with Crippen LogP contribution in [0.1, 0.15) is 23.2 Å². The average Bonchev–Trinajstić information content (AvgIpc) is 2.47. The first-order chi connectivity index (χ1) is 9.82. The second kappa shape index (κ2) is 5.82. The van der Waals surface area contributed by atoms with Gasteiger partial charge in [0.2, 0.25) is 10.0 Å². The fourth-order valence-electron chi connectivity index (χ4n) is 2.26. The lowest BCUT2D eigenvalue weighted by Gasteiger charge is -2.29. The molecule has 21 heavy (non-hydrogen) atoms. The Balaban J connectivity index is 2.15. The predicted molar refractivity (Wildman–Crippen MR) is 72.5 cm³/mol. The lowest BCUT2D eigenvalue weighted by atomic mass is 9.99. The summed E-state index contributed by atoms with van der Waals surface area (Å²) in [5.74, 6) is -2.54. The Morgan fingerprint density at radius 1 is 1.05 bits per heavy atom. The SMILES string of the molecule is O=C(O)c1ccc(S(=O)(=O)N2CCC(C(=O)O)CC2)cc1. The van der Waals surface area contributed by atoms with Gasteiger partial charge in [-0.2, -0.15) is 4.31 Å². The number of carbonyl (C=O) groups is 2. The van der Waals surface area contributed by atoms with Crippen molar-refractivity contribution in [3.63, 3.8) is 0 Å². The van der Waals surface area contributed by atoms with Crippen molar-refractivity contribution in [2.24, 2.45) is 5.92 Å². The van der Waals surface area contributed by atoms with E-state index in [0.717, 1.165) is 0 Å². The largest absolute Gasteiger partial charge is 0.481 e. The molecule has 0 bridgehead atoms. The third-order valence-electron chi connectivity index (χ3n) is 3.54. The Bertz CT molecular complexity index is 644. The van der Waals surface area contributed by atoms with Gasteiger partial charge in [-0.3, -0.25) is 4.79 Å². The molecule has 1 saturated heterocycles. The van der Waals surface area contributed by atoms with Crippen molar-refractivity contribution in [2.45, 2.75) is 17.7 Å². The van der Waals surface area contributed by atoms with E-state index >= 15 is 0 Å². The molecular formula is C13H15NO6S. The van der Waals surface area contributed by atoms with E-state index in [-0.39, 0.29) is 36.4 Å². The number of carboxylic acids is 2. The van der Waals surface area contributed by atoms with Crippen LogP contribution in [0, 0.1) is 5.92 Å². The summed E-state index contributed by atoms with van der Waals surface area (Å²) in [5.41, 5.74) is 0.0125. The molecule has 8 heteroatoms. The van der Waals surface area contributed by atoms with E-state index < -0.39 is 27.9 Å². The Kier molecular flexibility index (Phi) is 4.29. The van der Waals surface area contributed by atoms with Crippen molar-refractivity contribution in [1.29, 1.82) is 0 Å². The average molecular weight is 313 g/mol. The highest BCUT2D eigenvalue weighted by Gasteiger charge is 2.31. The van der Waals surface area contributed by atoms with E-state index in [9.17, 15) is 18.0 Å². The van der Waals surface area contributed by atoms with Gasteiger partial charge in [0, 0.05) is 13.1 Å². The van der Waals surface area contributed by atoms with Gasteiger partial charge in [-0.05, 0) is 37.1 Å². The summed E-state index contributed by atoms with van der Waals surface area (Å²) < 4.78 is 26.0. The Labute approximate surface area is 121 Å². The molecule has 0 unspecified atom stereocenters. The van der Waals surface area contributed by atoms with E-state index in [1.54, 1.807) is 0 Å². The summed E-state index contributed by atoms with van der Waals surface area (Å²) in [4.78, 5) is 21.6. The number of sulfonamides is 1. The molecule has 7 nitrogen and oxygen atoms in total. The zero-order valence-corrected chi connectivity index (χ0v) is 11.9. The highest BCUT2D eigenvalue weighted by atomic mass is 32.2. The molecular weight excluding hydrogens is 298 g/mol. The van der Waals surface area contributed by atoms with Gasteiger partial charge in [-0.15, -0.1) is 0 Å². The smallest absolute Gasteiger partial charge is 0.335 e. The number of carboxylic acid groups (broad SMARTS) is 2. The van der Waals surface area contributed by atoms with Gasteiger partial charge >= 0.3 is 11.9 Å². The van der Waals surface area contributed by atoms with Gasteiger partial charge in [0.25, 0.3) is 0 Å². The van der Waals surface area contributed by atoms with Crippen LogP contribution < -0.4 is 0 Å². The fraction of sp³-hybridized carbons (Fsp3) is 0.385. The van der Waals surface area contributed by atoms with Gasteiger partial charge in [-0.25, -0.2) is 13.2 Å². The normalized spacial score (nSPS) is 17.5. The van der Waals surface area contributed by atoms with Crippen molar-refractivity contribution < 1.29 is 28.2 Å². The molecule has 2 rings (SSSR count). The molecule has 0 saturated carbocycles. The van der Waals surface area contributed by atoms with E-state index in [1.165, 1.54) is 28.6 Å². The number of aromatic carboxylic acids is 1. The third-order valence-corrected chi connectivity index (χ3v) is 5.46. The summed E-state index contributed by atoms with van der Waals surface area (Å²) in [6, 6.07) is 4.97. The van der Waals surface area contributed by atoms with Crippen LogP contribution in [-0.2, 0) is 14.8 Å². The third kappa shape index (κ3) is 3.22. The number of benzene rings is 1. The summed E-state index contributed by atoms with van der Waals surface area (Å²) >= 11 is 0. The summed E-state index contributed by atoms with van der Waals surface area (Å²) in [6.45, 7) is 0.306. The Morgan fingerprint density at radius 2 is 1.57 bits per heavy atom. The zero-order chi connectivity index (χ0) is 15.6. The predicted octanol–water partition coefficient (Wildman–Crippen LogP) is 0.870. The molecule has 0 aromatic heterocycles. The number of rotatable bonds is 4. The van der Waals surface area contributed by atoms with Gasteiger partial charge in [0.15, 0.2) is 0 Å². The highest BCUT2D eigenvalue weighted by Crippen LogP contribution is 2.24. The van der Waals surface area contributed by atoms with Crippen LogP contribution in [0.4, 0.5) is 0 Å². The molecule has 0 spiro atoms. The minimum atomic E-state index is -3.71. The number of nitrogens with zero attached hydrogens (tertiary/aromatic N) is 1. The molecule has 1 aliphatic heterocycles. The zero-order valence-electron chi connectivity index (χ0n) is 11.1. The van der Waals surface area contributed by atoms with Crippen LogP contribution in [0.15, 0.2) is 29.2 Å². The van der Waals surface area contributed by atoms with Crippen LogP contribution in [0.2, 0.25) is 0 Å². The van der Waals surface area contributed by atoms with Gasteiger partial charge < -0.3 is 10.2 Å². The molecule has 114 valence electrons. The van der Waals surface area contributed by atoms with Crippen LogP contribution in [0.25, 0.3) is 0 Å². The van der Waals surface area contributed by atoms with Crippen LogP contribution >= 0.6 is 0 Å². The van der Waals surface area contributed by atoms with Gasteiger partial charge in [0.1, 0.15) is 0 Å². The summed E-state index contributed by atoms with van der Waals surface area (Å²) in [7, 11) is -3.71. The minimum absolute atomic E-state index is 0.0125. The molecule has 1 heterocycles. The van der Waals surface area contributed by atoms with Crippen LogP contribution in [-0.4, -0.2) is 48.0 Å². The molecule has 0 amide bonds. The first kappa shape index (κ1) is 15.5. The summed E-state index contributed by atoms with van der Waals surface area (Å²) in [5, 5.41) is 17.7. The van der Waals surface area contributed by atoms with Crippen molar-refractivity contribution in [1.82, 2.24) is 4.31 Å². The molecule has 1 fully saturated rings. The highest BCUT2D eigenvalue weighted by molar-refractivity contribution is 7.89. The van der Waals surface area contributed by atoms with Crippen LogP contribution in [0.5, 0.6) is 0 Å². The number of hydrogen-bond donors (Lipinski definition) is 2. The van der Waals surface area contributed by atoms with Gasteiger partial charge in [0.05, 0.1) is 16.4 Å². The summed E-state index contributed by atoms with van der Waals surface area (Å²) in [6.07, 6.45) is 0.559. The van der Waals surface area contributed by atoms with Crippen molar-refractivity contribution in [2.75, 3.05) is 13.1 Å². The topological polar surface area (TPSA) is 112 Å². The maximum absolute atomic E-state index is 12.4. The number of piperidine rings is 1. The first-order valence-corrected chi connectivity index (χ1v) is 7.82. The monoisotopic (exact) mass is 313 g/mol. The number of aliphatic carboxylic acids is 1. The molecule has 0 radical (unpaired) electrons. The number of hydrogen-bond acceptors (Lipinski definition) is 4. The van der Waals surface area contributed by atoms with E-state index in [0.29, 0.717) is 0 Å². The first-order valence-electron chi connectivity index (χ1n) is 6.38. The maximum Gasteiger partial charge on any atom is 0.335 e. The second-order valence-electron chi connectivity index (χ2n) is 4.85. The molecule has 1 aliphatic rings. The molecule has 1 aromatic carbocycles. The lowest BCUT2D eigenvalue weighted by Crippen LogP contribution is -2.40. The molecule has 0 aliphatic carbocycles. The quantitative estimate of drug-likeness (QED) is 0.853. The minimum Gasteiger partial charge on any atom is -0.481 e. The van der Waals surface area contributed by atoms with E-state index in [1.807, 2.05) is 0 Å².